The van der Waals surface area contributed by atoms with Gasteiger partial charge in [-0.3, -0.25) is 9.09 Å². The Morgan fingerprint density at radius 3 is 2.72 bits per heavy atom. The summed E-state index contributed by atoms with van der Waals surface area (Å²) in [7, 11) is -2.75. The van der Waals surface area contributed by atoms with Crippen LogP contribution in [0, 0.1) is 5.41 Å². The molecule has 5 rings (SSSR count). The molecule has 1 unspecified atom stereocenters. The molecule has 47 heavy (non-hydrogen) atoms. The van der Waals surface area contributed by atoms with Crippen molar-refractivity contribution in [1.82, 2.24) is 19.5 Å². The third kappa shape index (κ3) is 7.38. The van der Waals surface area contributed by atoms with Crippen molar-refractivity contribution in [2.45, 2.75) is 71.7 Å². The van der Waals surface area contributed by atoms with E-state index in [4.69, 9.17) is 29.2 Å². The molecule has 14 nitrogen and oxygen atoms in total. The molecular weight excluding hydrogens is 634 g/mol. The van der Waals surface area contributed by atoms with Gasteiger partial charge in [0.15, 0.2) is 35.4 Å². The summed E-state index contributed by atoms with van der Waals surface area (Å²) in [6, 6.07) is 9.43. The van der Waals surface area contributed by atoms with Gasteiger partial charge in [0.05, 0.1) is 19.5 Å². The molecule has 1 aliphatic heterocycles. The van der Waals surface area contributed by atoms with E-state index in [1.54, 1.807) is 31.2 Å². The number of anilines is 1. The zero-order valence-electron chi connectivity index (χ0n) is 26.9. The van der Waals surface area contributed by atoms with E-state index in [-0.39, 0.29) is 53.1 Å². The molecule has 2 aromatic heterocycles. The van der Waals surface area contributed by atoms with Crippen LogP contribution in [0.3, 0.4) is 0 Å². The SMILES string of the molecule is CCOc1nc(N)nc2c1ncn2[C@@H]1O[C@H](COc2ccc3ccccc3c2O[P+]([O-])=N[C@@H](C)C(=O)OCC(C)(C)C)[C@@H](F)[C@@]1(C)O. The van der Waals surface area contributed by atoms with Crippen molar-refractivity contribution in [1.29, 1.82) is 0 Å². The Morgan fingerprint density at radius 1 is 1.26 bits per heavy atom. The van der Waals surface area contributed by atoms with E-state index in [2.05, 4.69) is 19.7 Å². The van der Waals surface area contributed by atoms with Crippen LogP contribution in [-0.2, 0) is 14.3 Å². The molecule has 0 radical (unpaired) electrons. The fourth-order valence-electron chi connectivity index (χ4n) is 4.97. The number of halogens is 1. The minimum absolute atomic E-state index is 0.0798. The lowest BCUT2D eigenvalue weighted by Crippen LogP contribution is -2.42. The number of benzene rings is 2. The van der Waals surface area contributed by atoms with Crippen LogP contribution >= 0.6 is 8.17 Å². The second-order valence-corrected chi connectivity index (χ2v) is 13.4. The number of aromatic nitrogens is 4. The van der Waals surface area contributed by atoms with Gasteiger partial charge >= 0.3 is 14.1 Å². The number of nitrogens with two attached hydrogens (primary N) is 1. The number of carbonyl (C=O) groups excluding carboxylic acids is 1. The molecule has 16 heteroatoms. The topological polar surface area (TPSA) is 188 Å². The predicted octanol–water partition coefficient (Wildman–Crippen LogP) is 4.24. The zero-order valence-corrected chi connectivity index (χ0v) is 27.8. The first-order valence-corrected chi connectivity index (χ1v) is 16.1. The van der Waals surface area contributed by atoms with Crippen molar-refractivity contribution in [3.63, 3.8) is 0 Å². The van der Waals surface area contributed by atoms with Crippen LogP contribution in [0.2, 0.25) is 0 Å². The number of imidazole rings is 1. The summed E-state index contributed by atoms with van der Waals surface area (Å²) in [5.74, 6) is -0.380. The maximum Gasteiger partial charge on any atom is 0.395 e. The highest BCUT2D eigenvalue weighted by Crippen LogP contribution is 2.44. The number of nitrogen functional groups attached to an aromatic ring is 1. The maximum absolute atomic E-state index is 15.8. The average Bonchev–Trinajstić information content (AvgIpc) is 3.52. The highest BCUT2D eigenvalue weighted by atomic mass is 31.1. The van der Waals surface area contributed by atoms with Crippen molar-refractivity contribution in [3.05, 3.63) is 42.7 Å². The molecule has 0 bridgehead atoms. The lowest BCUT2D eigenvalue weighted by molar-refractivity contribution is -0.169. The van der Waals surface area contributed by atoms with Gasteiger partial charge in [0.1, 0.15) is 18.3 Å². The van der Waals surface area contributed by atoms with Gasteiger partial charge < -0.3 is 34.7 Å². The van der Waals surface area contributed by atoms with Crippen molar-refractivity contribution >= 4 is 42.0 Å². The smallest absolute Gasteiger partial charge is 0.395 e. The van der Waals surface area contributed by atoms with Gasteiger partial charge in [-0.1, -0.05) is 55.8 Å². The summed E-state index contributed by atoms with van der Waals surface area (Å²) in [6.45, 7) is 10.4. The Balaban J connectivity index is 1.37. The molecule has 0 aliphatic carbocycles. The molecule has 3 heterocycles. The number of fused-ring (bicyclic) bond motifs is 2. The highest BCUT2D eigenvalue weighted by molar-refractivity contribution is 7.34. The second kappa shape index (κ2) is 13.5. The normalized spacial score (nSPS) is 22.4. The number of nitrogens with zero attached hydrogens (tertiary/aromatic N) is 5. The predicted molar refractivity (Wildman–Crippen MR) is 170 cm³/mol. The summed E-state index contributed by atoms with van der Waals surface area (Å²) >= 11 is 0. The number of aliphatic hydroxyl groups is 1. The molecule has 252 valence electrons. The Kier molecular flexibility index (Phi) is 9.83. The first-order chi connectivity index (χ1) is 22.2. The van der Waals surface area contributed by atoms with Crippen LogP contribution in [-0.4, -0.2) is 74.3 Å². The molecule has 0 spiro atoms. The number of ether oxygens (including phenoxy) is 4. The minimum Gasteiger partial charge on any atom is -0.575 e. The first-order valence-electron chi connectivity index (χ1n) is 15.0. The molecule has 1 aliphatic rings. The Morgan fingerprint density at radius 2 is 2.00 bits per heavy atom. The summed E-state index contributed by atoms with van der Waals surface area (Å²) in [6.07, 6.45) is -3.09. The van der Waals surface area contributed by atoms with Gasteiger partial charge in [-0.15, -0.1) is 0 Å². The number of esters is 1. The van der Waals surface area contributed by atoms with E-state index in [0.717, 1.165) is 5.39 Å². The summed E-state index contributed by atoms with van der Waals surface area (Å²) in [4.78, 5) is 38.0. The van der Waals surface area contributed by atoms with Gasteiger partial charge in [-0.25, -0.2) is 14.2 Å². The Hall–Kier alpha value is -4.17. The van der Waals surface area contributed by atoms with Crippen LogP contribution in [0.25, 0.3) is 21.9 Å². The van der Waals surface area contributed by atoms with Gasteiger partial charge in [-0.05, 0) is 37.6 Å². The van der Waals surface area contributed by atoms with Crippen LogP contribution in [0.15, 0.2) is 47.5 Å². The third-order valence-corrected chi connectivity index (χ3v) is 8.17. The molecular formula is C31H38FN6O8P. The molecule has 4 aromatic rings. The average molecular weight is 673 g/mol. The second-order valence-electron chi connectivity index (χ2n) is 12.5. The fraction of sp³-hybridized carbons (Fsp3) is 0.484. The molecule has 6 atom stereocenters. The van der Waals surface area contributed by atoms with Gasteiger partial charge in [0.25, 0.3) is 0 Å². The summed E-state index contributed by atoms with van der Waals surface area (Å²) in [5, 5.41) is 12.6. The molecule has 1 fully saturated rings. The van der Waals surface area contributed by atoms with Crippen LogP contribution in [0.5, 0.6) is 17.4 Å². The zero-order chi connectivity index (χ0) is 34.1. The monoisotopic (exact) mass is 672 g/mol. The van der Waals surface area contributed by atoms with E-state index < -0.39 is 44.3 Å². The minimum atomic E-state index is -2.75. The van der Waals surface area contributed by atoms with E-state index in [0.29, 0.717) is 12.0 Å². The number of hydrogen-bond donors (Lipinski definition) is 2. The highest BCUT2D eigenvalue weighted by Gasteiger charge is 2.55. The van der Waals surface area contributed by atoms with Crippen LogP contribution in [0.4, 0.5) is 10.3 Å². The molecule has 0 saturated carbocycles. The lowest BCUT2D eigenvalue weighted by Gasteiger charge is -2.26. The lowest BCUT2D eigenvalue weighted by atomic mass is 9.98. The number of rotatable bonds is 11. The van der Waals surface area contributed by atoms with Crippen molar-refractivity contribution < 1.29 is 42.7 Å². The maximum atomic E-state index is 15.8. The number of hydrogen-bond acceptors (Lipinski definition) is 13. The largest absolute Gasteiger partial charge is 0.575 e. The van der Waals surface area contributed by atoms with Crippen LogP contribution < -0.4 is 24.6 Å². The third-order valence-electron chi connectivity index (χ3n) is 7.30. The van der Waals surface area contributed by atoms with Gasteiger partial charge in [-0.2, -0.15) is 9.97 Å². The van der Waals surface area contributed by atoms with E-state index in [9.17, 15) is 14.8 Å². The summed E-state index contributed by atoms with van der Waals surface area (Å²) < 4.78 is 49.7. The van der Waals surface area contributed by atoms with Gasteiger partial charge in [0, 0.05) is 5.39 Å². The standard InChI is InChI=1S/C31H38FN6O8P/c1-7-42-26-22-25(35-29(33)36-26)38(16-34-22)28-31(6,40)24(32)21(45-28)14-43-20-13-12-18-10-8-9-11-19(18)23(20)46-47(41)37-17(2)27(39)44-15-30(3,4)5/h8-13,16-17,21,24,28,40H,7,14-15H2,1-6H3,(H2,33,35,36)/t17-,21+,24+,28+,31+/m0/s1. The van der Waals surface area contributed by atoms with E-state index in [1.165, 1.54) is 24.7 Å². The Bertz CT molecular complexity index is 1800. The van der Waals surface area contributed by atoms with Gasteiger partial charge in [0.2, 0.25) is 17.6 Å². The van der Waals surface area contributed by atoms with Crippen LogP contribution in [0.1, 0.15) is 47.8 Å². The number of alkyl halides is 1. The van der Waals surface area contributed by atoms with Crippen molar-refractivity contribution in [2.24, 2.45) is 10.2 Å². The number of carbonyl (C=O) groups is 1. The van der Waals surface area contributed by atoms with E-state index in [1.807, 2.05) is 32.9 Å². The summed E-state index contributed by atoms with van der Waals surface area (Å²) in [5.41, 5.74) is 4.05. The fourth-order valence-corrected chi connectivity index (χ4v) is 5.74. The van der Waals surface area contributed by atoms with E-state index >= 15 is 4.39 Å². The first kappa shape index (κ1) is 34.2. The molecule has 1 saturated heterocycles. The quantitative estimate of drug-likeness (QED) is 0.171. The van der Waals surface area contributed by atoms with Crippen molar-refractivity contribution in [2.75, 3.05) is 25.6 Å². The molecule has 3 N–H and O–H groups in total. The van der Waals surface area contributed by atoms with Crippen molar-refractivity contribution in [3.8, 4) is 17.4 Å². The molecule has 2 aromatic carbocycles. The Labute approximate surface area is 271 Å². The molecule has 0 amide bonds.